The van der Waals surface area contributed by atoms with E-state index in [1.807, 2.05) is 11.0 Å². The first kappa shape index (κ1) is 29.8. The third kappa shape index (κ3) is 7.72. The molecule has 218 valence electrons. The largest absolute Gasteiger partial charge is 0.381 e. The van der Waals surface area contributed by atoms with Gasteiger partial charge in [-0.3, -0.25) is 19.3 Å². The first-order valence-electron chi connectivity index (χ1n) is 15.5. The first-order valence-corrected chi connectivity index (χ1v) is 15.5. The molecule has 4 aliphatic rings. The van der Waals surface area contributed by atoms with Crippen LogP contribution in [0, 0.1) is 11.8 Å². The summed E-state index contributed by atoms with van der Waals surface area (Å²) >= 11 is 0. The van der Waals surface area contributed by atoms with Crippen LogP contribution in [-0.4, -0.2) is 82.5 Å². The second-order valence-electron chi connectivity index (χ2n) is 12.2. The lowest BCUT2D eigenvalue weighted by Gasteiger charge is -2.38. The molecule has 4 rings (SSSR count). The molecule has 0 radical (unpaired) electrons. The molecule has 3 N–H and O–H groups in total. The number of fused-ring (bicyclic) bond motifs is 1. The summed E-state index contributed by atoms with van der Waals surface area (Å²) in [4.78, 5) is 44.9. The van der Waals surface area contributed by atoms with Crippen molar-refractivity contribution in [2.75, 3.05) is 19.6 Å². The quantitative estimate of drug-likeness (QED) is 0.218. The van der Waals surface area contributed by atoms with Gasteiger partial charge in [0.15, 0.2) is 6.10 Å². The van der Waals surface area contributed by atoms with E-state index in [-0.39, 0.29) is 36.2 Å². The fraction of sp³-hybridized carbons (Fsp3) is 0.774. The lowest BCUT2D eigenvalue weighted by atomic mass is 9.92. The Morgan fingerprint density at radius 1 is 0.949 bits per heavy atom. The number of likely N-dealkylation sites (tertiary alicyclic amines) is 2. The van der Waals surface area contributed by atoms with Crippen molar-refractivity contribution < 1.29 is 19.5 Å². The molecule has 0 aromatic heterocycles. The Labute approximate surface area is 234 Å². The molecule has 0 aromatic rings. The van der Waals surface area contributed by atoms with Crippen molar-refractivity contribution in [1.82, 2.24) is 20.4 Å². The zero-order chi connectivity index (χ0) is 27.8. The second kappa shape index (κ2) is 14.4. The second-order valence-corrected chi connectivity index (χ2v) is 12.2. The van der Waals surface area contributed by atoms with E-state index in [2.05, 4.69) is 28.7 Å². The van der Waals surface area contributed by atoms with Crippen LogP contribution in [0.3, 0.4) is 0 Å². The molecule has 3 amide bonds. The lowest BCUT2D eigenvalue weighted by molar-refractivity contribution is -0.145. The molecule has 6 atom stereocenters. The van der Waals surface area contributed by atoms with Gasteiger partial charge in [0.25, 0.3) is 5.91 Å². The molecule has 0 bridgehead atoms. The number of carbonyl (C=O) groups excluding carboxylic acids is 3. The van der Waals surface area contributed by atoms with Crippen LogP contribution in [0.5, 0.6) is 0 Å². The SMILES string of the molecule is C=CCCCCC[C@@H](C(=O)N1C[C@@H]2CCC[C@@H]2[C@H]1C(=O)NC(CC=C)C(O)C(=O)NC1CC1)N1CCCCC1. The number of hydrogen-bond donors (Lipinski definition) is 3. The van der Waals surface area contributed by atoms with Crippen LogP contribution < -0.4 is 10.6 Å². The van der Waals surface area contributed by atoms with Gasteiger partial charge < -0.3 is 20.6 Å². The maximum absolute atomic E-state index is 14.3. The smallest absolute Gasteiger partial charge is 0.251 e. The van der Waals surface area contributed by atoms with Gasteiger partial charge in [0.05, 0.1) is 12.1 Å². The number of hydrogen-bond acceptors (Lipinski definition) is 5. The number of amides is 3. The molecular formula is C31H50N4O4. The van der Waals surface area contributed by atoms with Crippen molar-refractivity contribution in [1.29, 1.82) is 0 Å². The number of allylic oxidation sites excluding steroid dienone is 1. The van der Waals surface area contributed by atoms with Crippen LogP contribution in [0.4, 0.5) is 0 Å². The highest BCUT2D eigenvalue weighted by Crippen LogP contribution is 2.43. The fourth-order valence-electron chi connectivity index (χ4n) is 6.97. The number of aliphatic hydroxyl groups is 1. The Bertz CT molecular complexity index is 869. The van der Waals surface area contributed by atoms with E-state index in [4.69, 9.17) is 0 Å². The molecule has 2 saturated carbocycles. The summed E-state index contributed by atoms with van der Waals surface area (Å²) < 4.78 is 0. The van der Waals surface area contributed by atoms with Crippen molar-refractivity contribution in [2.24, 2.45) is 11.8 Å². The fourth-order valence-corrected chi connectivity index (χ4v) is 6.97. The van der Waals surface area contributed by atoms with Crippen molar-refractivity contribution in [3.05, 3.63) is 25.3 Å². The van der Waals surface area contributed by atoms with Gasteiger partial charge in [-0.15, -0.1) is 13.2 Å². The van der Waals surface area contributed by atoms with Crippen molar-refractivity contribution in [3.8, 4) is 0 Å². The molecule has 8 nitrogen and oxygen atoms in total. The molecule has 2 aliphatic heterocycles. The van der Waals surface area contributed by atoms with Gasteiger partial charge in [-0.1, -0.05) is 37.8 Å². The number of carbonyl (C=O) groups is 3. The van der Waals surface area contributed by atoms with Crippen molar-refractivity contribution >= 4 is 17.7 Å². The molecule has 4 fully saturated rings. The van der Waals surface area contributed by atoms with E-state index in [9.17, 15) is 19.5 Å². The third-order valence-electron chi connectivity index (χ3n) is 9.27. The zero-order valence-corrected chi connectivity index (χ0v) is 23.7. The number of nitrogens with zero attached hydrogens (tertiary/aromatic N) is 2. The number of unbranched alkanes of at least 4 members (excludes halogenated alkanes) is 3. The standard InChI is InChI=1S/C31H50N4O4/c1-3-5-6-7-9-16-26(34-19-10-8-11-20-34)31(39)35-21-22-14-12-15-24(22)27(35)29(37)33-25(13-4-2)28(36)30(38)32-23-17-18-23/h3-4,22-28,36H,1-2,5-21H2,(H,32,38)(H,33,37)/t22-,24-,25?,26-,27-,28?/m0/s1. The van der Waals surface area contributed by atoms with Gasteiger partial charge in [-0.25, -0.2) is 0 Å². The molecule has 0 aromatic carbocycles. The summed E-state index contributed by atoms with van der Waals surface area (Å²) in [7, 11) is 0. The van der Waals surface area contributed by atoms with Crippen LogP contribution >= 0.6 is 0 Å². The van der Waals surface area contributed by atoms with Crippen LogP contribution in [-0.2, 0) is 14.4 Å². The van der Waals surface area contributed by atoms with Crippen LogP contribution in [0.15, 0.2) is 25.3 Å². The average Bonchev–Trinajstić information content (AvgIpc) is 3.50. The molecule has 2 saturated heterocycles. The monoisotopic (exact) mass is 542 g/mol. The van der Waals surface area contributed by atoms with Crippen LogP contribution in [0.25, 0.3) is 0 Å². The predicted octanol–water partition coefficient (Wildman–Crippen LogP) is 3.30. The van der Waals surface area contributed by atoms with E-state index in [1.165, 1.54) is 6.42 Å². The number of rotatable bonds is 15. The predicted molar refractivity (Wildman–Crippen MR) is 153 cm³/mol. The molecule has 2 heterocycles. The average molecular weight is 543 g/mol. The summed E-state index contributed by atoms with van der Waals surface area (Å²) in [5, 5.41) is 16.6. The van der Waals surface area contributed by atoms with Gasteiger partial charge in [0, 0.05) is 12.6 Å². The Balaban J connectivity index is 1.48. The van der Waals surface area contributed by atoms with Crippen molar-refractivity contribution in [3.63, 3.8) is 0 Å². The Morgan fingerprint density at radius 2 is 1.72 bits per heavy atom. The van der Waals surface area contributed by atoms with Gasteiger partial charge in [0.2, 0.25) is 11.8 Å². The van der Waals surface area contributed by atoms with Gasteiger partial charge in [-0.2, -0.15) is 0 Å². The summed E-state index contributed by atoms with van der Waals surface area (Å²) in [6.45, 7) is 10.1. The highest BCUT2D eigenvalue weighted by molar-refractivity contribution is 5.91. The highest BCUT2D eigenvalue weighted by atomic mass is 16.3. The normalized spacial score (nSPS) is 27.3. The van der Waals surface area contributed by atoms with Crippen molar-refractivity contribution in [2.45, 2.75) is 120 Å². The summed E-state index contributed by atoms with van der Waals surface area (Å²) in [5.41, 5.74) is 0. The molecule has 2 unspecified atom stereocenters. The minimum atomic E-state index is -1.35. The van der Waals surface area contributed by atoms with E-state index in [0.717, 1.165) is 90.1 Å². The number of piperidine rings is 1. The van der Waals surface area contributed by atoms with Crippen LogP contribution in [0.2, 0.25) is 0 Å². The summed E-state index contributed by atoms with van der Waals surface area (Å²) in [5.74, 6) is -0.149. The zero-order valence-electron chi connectivity index (χ0n) is 23.7. The van der Waals surface area contributed by atoms with E-state index >= 15 is 0 Å². The molecule has 2 aliphatic carbocycles. The number of nitrogens with one attached hydrogen (secondary N) is 2. The van der Waals surface area contributed by atoms with E-state index in [1.54, 1.807) is 6.08 Å². The summed E-state index contributed by atoms with van der Waals surface area (Å²) in [6, 6.07) is -1.39. The van der Waals surface area contributed by atoms with Gasteiger partial charge >= 0.3 is 0 Å². The minimum absolute atomic E-state index is 0.0856. The Kier molecular flexibility index (Phi) is 11.0. The van der Waals surface area contributed by atoms with Gasteiger partial charge in [0.1, 0.15) is 6.04 Å². The van der Waals surface area contributed by atoms with Gasteiger partial charge in [-0.05, 0) is 89.1 Å². The minimum Gasteiger partial charge on any atom is -0.381 e. The first-order chi connectivity index (χ1) is 18.9. The molecule has 39 heavy (non-hydrogen) atoms. The van der Waals surface area contributed by atoms with Crippen LogP contribution in [0.1, 0.15) is 89.9 Å². The summed E-state index contributed by atoms with van der Waals surface area (Å²) in [6.07, 6.45) is 15.8. The topological polar surface area (TPSA) is 102 Å². The highest BCUT2D eigenvalue weighted by Gasteiger charge is 2.51. The number of aliphatic hydroxyl groups excluding tert-OH is 1. The third-order valence-corrected chi connectivity index (χ3v) is 9.27. The Hall–Kier alpha value is -2.19. The van der Waals surface area contributed by atoms with E-state index in [0.29, 0.717) is 12.5 Å². The maximum atomic E-state index is 14.3. The molecule has 0 spiro atoms. The molecule has 8 heteroatoms. The van der Waals surface area contributed by atoms with E-state index < -0.39 is 24.1 Å². The Morgan fingerprint density at radius 3 is 2.41 bits per heavy atom. The molecular weight excluding hydrogens is 492 g/mol. The maximum Gasteiger partial charge on any atom is 0.251 e. The lowest BCUT2D eigenvalue weighted by Crippen LogP contribution is -2.58.